The quantitative estimate of drug-likeness (QED) is 0.0449. The molecule has 0 aromatic rings. The second-order valence-corrected chi connectivity index (χ2v) is 19.2. The molecular weight excluding hydrogens is 741 g/mol. The topological polar surface area (TPSA) is 59.1 Å². The van der Waals surface area contributed by atoms with E-state index in [1.807, 2.05) is 0 Å². The van der Waals surface area contributed by atoms with E-state index in [9.17, 15) is 9.59 Å². The summed E-state index contributed by atoms with van der Waals surface area (Å²) in [4.78, 5) is 30.7. The van der Waals surface area contributed by atoms with Crippen LogP contribution in [0.2, 0.25) is 0 Å². The molecule has 60 heavy (non-hydrogen) atoms. The number of carbonyl (C=O) groups is 2. The predicted octanol–water partition coefficient (Wildman–Crippen LogP) is 16.0. The Balaban J connectivity index is 2.27. The van der Waals surface area contributed by atoms with E-state index in [1.165, 1.54) is 232 Å². The standard InChI is InChI=1S/C54H106N2O4/c1-5-9-13-15-19-27-40-52(41-28-20-16-14-10-6-2)60-54(58)43-30-22-18-24-32-45-55(48-36-49-56-46-33-34-47-56)44-31-23-17-21-29-42-53(57)59-50-35-39-51(37-25-11-7-3)38-26-12-8-4/h51-52H,5-50H2,1-4H3. The molecule has 0 bridgehead atoms. The number of ether oxygens (including phenoxy) is 2. The molecule has 6 nitrogen and oxygen atoms in total. The van der Waals surface area contributed by atoms with Crippen molar-refractivity contribution >= 4 is 11.9 Å². The van der Waals surface area contributed by atoms with Crippen LogP contribution in [0.25, 0.3) is 0 Å². The van der Waals surface area contributed by atoms with Gasteiger partial charge in [0.05, 0.1) is 6.61 Å². The Morgan fingerprint density at radius 2 is 0.850 bits per heavy atom. The monoisotopic (exact) mass is 847 g/mol. The Morgan fingerprint density at radius 1 is 0.450 bits per heavy atom. The maximum atomic E-state index is 12.9. The van der Waals surface area contributed by atoms with Crippen molar-refractivity contribution in [3.05, 3.63) is 0 Å². The van der Waals surface area contributed by atoms with Crippen molar-refractivity contribution in [1.82, 2.24) is 9.80 Å². The molecule has 1 fully saturated rings. The van der Waals surface area contributed by atoms with Crippen LogP contribution in [0.3, 0.4) is 0 Å². The normalized spacial score (nSPS) is 13.4. The van der Waals surface area contributed by atoms with Gasteiger partial charge in [-0.05, 0) is 129 Å². The lowest BCUT2D eigenvalue weighted by atomic mass is 9.91. The lowest BCUT2D eigenvalue weighted by molar-refractivity contribution is -0.150. The molecule has 0 aromatic carbocycles. The van der Waals surface area contributed by atoms with E-state index < -0.39 is 0 Å². The summed E-state index contributed by atoms with van der Waals surface area (Å²) in [7, 11) is 0. The molecule has 0 unspecified atom stereocenters. The summed E-state index contributed by atoms with van der Waals surface area (Å²) in [5.41, 5.74) is 0. The number of hydrogen-bond donors (Lipinski definition) is 0. The molecule has 1 rings (SSSR count). The number of rotatable bonds is 47. The zero-order valence-electron chi connectivity index (χ0n) is 41.2. The van der Waals surface area contributed by atoms with E-state index in [2.05, 4.69) is 37.5 Å². The molecule has 1 heterocycles. The van der Waals surface area contributed by atoms with Crippen LogP contribution in [-0.4, -0.2) is 73.7 Å². The van der Waals surface area contributed by atoms with Gasteiger partial charge in [-0.3, -0.25) is 9.59 Å². The SMILES string of the molecule is CCCCCCCCC(CCCCCCCC)OC(=O)CCCCCCCN(CCCCCCCC(=O)OCCCC(CCCCC)CCCCC)CCCN1CCCC1. The minimum Gasteiger partial charge on any atom is -0.466 e. The van der Waals surface area contributed by atoms with Gasteiger partial charge in [-0.2, -0.15) is 0 Å². The molecule has 6 heteroatoms. The summed E-state index contributed by atoms with van der Waals surface area (Å²) < 4.78 is 11.7. The first-order chi connectivity index (χ1) is 29.5. The van der Waals surface area contributed by atoms with E-state index in [0.717, 1.165) is 50.9 Å². The number of esters is 2. The third kappa shape index (κ3) is 37.4. The van der Waals surface area contributed by atoms with Gasteiger partial charge in [0.15, 0.2) is 0 Å². The fourth-order valence-electron chi connectivity index (χ4n) is 9.37. The fraction of sp³-hybridized carbons (Fsp3) is 0.963. The van der Waals surface area contributed by atoms with E-state index in [1.54, 1.807) is 0 Å². The second kappa shape index (κ2) is 44.5. The Kier molecular flexibility index (Phi) is 42.2. The zero-order valence-corrected chi connectivity index (χ0v) is 41.2. The molecule has 0 aromatic heterocycles. The summed E-state index contributed by atoms with van der Waals surface area (Å²) in [5.74, 6) is 0.874. The number of carbonyl (C=O) groups excluding carboxylic acids is 2. The van der Waals surface area contributed by atoms with Crippen LogP contribution in [0.15, 0.2) is 0 Å². The molecule has 1 saturated heterocycles. The van der Waals surface area contributed by atoms with E-state index in [-0.39, 0.29) is 18.0 Å². The smallest absolute Gasteiger partial charge is 0.306 e. The van der Waals surface area contributed by atoms with Gasteiger partial charge in [0.25, 0.3) is 0 Å². The van der Waals surface area contributed by atoms with Crippen LogP contribution in [0.1, 0.15) is 278 Å². The first kappa shape index (κ1) is 56.9. The predicted molar refractivity (Wildman–Crippen MR) is 260 cm³/mol. The molecule has 356 valence electrons. The highest BCUT2D eigenvalue weighted by Crippen LogP contribution is 2.23. The van der Waals surface area contributed by atoms with Crippen molar-refractivity contribution in [2.24, 2.45) is 5.92 Å². The van der Waals surface area contributed by atoms with E-state index >= 15 is 0 Å². The van der Waals surface area contributed by atoms with Crippen molar-refractivity contribution in [2.75, 3.05) is 45.9 Å². The van der Waals surface area contributed by atoms with Crippen molar-refractivity contribution < 1.29 is 19.1 Å². The van der Waals surface area contributed by atoms with Crippen molar-refractivity contribution in [3.8, 4) is 0 Å². The highest BCUT2D eigenvalue weighted by molar-refractivity contribution is 5.69. The van der Waals surface area contributed by atoms with Crippen LogP contribution < -0.4 is 0 Å². The highest BCUT2D eigenvalue weighted by atomic mass is 16.5. The Morgan fingerprint density at radius 3 is 1.38 bits per heavy atom. The van der Waals surface area contributed by atoms with Gasteiger partial charge in [0.1, 0.15) is 6.10 Å². The third-order valence-electron chi connectivity index (χ3n) is 13.4. The first-order valence-corrected chi connectivity index (χ1v) is 27.3. The Hall–Kier alpha value is -1.14. The summed E-state index contributed by atoms with van der Waals surface area (Å²) in [6, 6.07) is 0. The van der Waals surface area contributed by atoms with Crippen molar-refractivity contribution in [1.29, 1.82) is 0 Å². The van der Waals surface area contributed by atoms with Gasteiger partial charge in [0, 0.05) is 12.8 Å². The van der Waals surface area contributed by atoms with Gasteiger partial charge in [-0.1, -0.05) is 182 Å². The summed E-state index contributed by atoms with van der Waals surface area (Å²) in [5, 5.41) is 0. The third-order valence-corrected chi connectivity index (χ3v) is 13.4. The number of likely N-dealkylation sites (tertiary alicyclic amines) is 1. The Bertz CT molecular complexity index is 882. The second-order valence-electron chi connectivity index (χ2n) is 19.2. The van der Waals surface area contributed by atoms with Gasteiger partial charge in [-0.25, -0.2) is 0 Å². The highest BCUT2D eigenvalue weighted by Gasteiger charge is 2.16. The van der Waals surface area contributed by atoms with E-state index in [0.29, 0.717) is 19.4 Å². The Labute approximate surface area is 375 Å². The maximum absolute atomic E-state index is 12.9. The van der Waals surface area contributed by atoms with Gasteiger partial charge in [0.2, 0.25) is 0 Å². The van der Waals surface area contributed by atoms with Crippen LogP contribution in [0.5, 0.6) is 0 Å². The van der Waals surface area contributed by atoms with Crippen LogP contribution in [-0.2, 0) is 19.1 Å². The molecule has 0 spiro atoms. The average molecular weight is 847 g/mol. The lowest BCUT2D eigenvalue weighted by Crippen LogP contribution is -2.30. The number of nitrogens with zero attached hydrogens (tertiary/aromatic N) is 2. The molecule has 1 aliphatic rings. The molecule has 0 N–H and O–H groups in total. The van der Waals surface area contributed by atoms with Crippen LogP contribution >= 0.6 is 0 Å². The minimum absolute atomic E-state index is 0.0128. The molecule has 0 aliphatic carbocycles. The van der Waals surface area contributed by atoms with Crippen molar-refractivity contribution in [3.63, 3.8) is 0 Å². The molecule has 0 saturated carbocycles. The van der Waals surface area contributed by atoms with Crippen LogP contribution in [0.4, 0.5) is 0 Å². The summed E-state index contributed by atoms with van der Waals surface area (Å²) in [6.45, 7) is 17.2. The molecular formula is C54H106N2O4. The largest absolute Gasteiger partial charge is 0.466 e. The van der Waals surface area contributed by atoms with Crippen molar-refractivity contribution in [2.45, 2.75) is 284 Å². The lowest BCUT2D eigenvalue weighted by Gasteiger charge is -2.24. The van der Waals surface area contributed by atoms with Gasteiger partial charge < -0.3 is 19.3 Å². The summed E-state index contributed by atoms with van der Waals surface area (Å²) in [6.07, 6.45) is 47.5. The fourth-order valence-corrected chi connectivity index (χ4v) is 9.37. The molecule has 0 atom stereocenters. The van der Waals surface area contributed by atoms with E-state index in [4.69, 9.17) is 9.47 Å². The maximum Gasteiger partial charge on any atom is 0.306 e. The zero-order chi connectivity index (χ0) is 43.4. The first-order valence-electron chi connectivity index (χ1n) is 27.3. The minimum atomic E-state index is 0.0128. The van der Waals surface area contributed by atoms with Gasteiger partial charge in [-0.15, -0.1) is 0 Å². The molecule has 0 radical (unpaired) electrons. The number of unbranched alkanes of at least 4 members (excludes halogenated alkanes) is 22. The average Bonchev–Trinajstić information content (AvgIpc) is 3.77. The molecule has 1 aliphatic heterocycles. The van der Waals surface area contributed by atoms with Gasteiger partial charge >= 0.3 is 11.9 Å². The number of hydrogen-bond acceptors (Lipinski definition) is 6. The van der Waals surface area contributed by atoms with Crippen LogP contribution in [0, 0.1) is 5.92 Å². The molecule has 0 amide bonds. The summed E-state index contributed by atoms with van der Waals surface area (Å²) >= 11 is 0.